The van der Waals surface area contributed by atoms with Gasteiger partial charge in [0.25, 0.3) is 0 Å². The van der Waals surface area contributed by atoms with Crippen molar-refractivity contribution in [3.8, 4) is 0 Å². The fourth-order valence-corrected chi connectivity index (χ4v) is 3.58. The summed E-state index contributed by atoms with van der Waals surface area (Å²) in [6.45, 7) is 3.11. The van der Waals surface area contributed by atoms with Crippen LogP contribution in [0.5, 0.6) is 0 Å². The predicted octanol–water partition coefficient (Wildman–Crippen LogP) is 2.99. The number of hydrogen-bond donors (Lipinski definition) is 2. The van der Waals surface area contributed by atoms with Crippen molar-refractivity contribution in [3.63, 3.8) is 0 Å². The van der Waals surface area contributed by atoms with Crippen LogP contribution in [0.15, 0.2) is 48.5 Å². The predicted molar refractivity (Wildman–Crippen MR) is 118 cm³/mol. The smallest absolute Gasteiger partial charge is 0.340 e. The van der Waals surface area contributed by atoms with Crippen molar-refractivity contribution in [2.45, 2.75) is 19.5 Å². The van der Waals surface area contributed by atoms with Crippen LogP contribution in [-0.4, -0.2) is 60.2 Å². The standard InChI is InChI=1S/C23H25F3N4O3/c1-16(31)27-18-8-6-17(7-9-18)14-22(33)30-12-10-29(11-13-30)15-21(32)28-20-5-3-2-4-19(20)23(24,25)26/h2-9H,10-15H2,1H3,(H,27,31)(H,28,32). The SMILES string of the molecule is CC(=O)Nc1ccc(CC(=O)N2CCN(CC(=O)Nc3ccccc3C(F)(F)F)CC2)cc1. The largest absolute Gasteiger partial charge is 0.418 e. The maximum absolute atomic E-state index is 13.1. The molecule has 1 aliphatic heterocycles. The Morgan fingerprint density at radius 3 is 2.15 bits per heavy atom. The molecule has 2 N–H and O–H groups in total. The third-order valence-corrected chi connectivity index (χ3v) is 5.23. The third kappa shape index (κ3) is 7.04. The van der Waals surface area contributed by atoms with E-state index in [-0.39, 0.29) is 30.5 Å². The first-order valence-corrected chi connectivity index (χ1v) is 10.4. The van der Waals surface area contributed by atoms with Crippen LogP contribution < -0.4 is 10.6 Å². The van der Waals surface area contributed by atoms with Gasteiger partial charge >= 0.3 is 6.18 Å². The summed E-state index contributed by atoms with van der Waals surface area (Å²) >= 11 is 0. The van der Waals surface area contributed by atoms with Crippen molar-refractivity contribution < 1.29 is 27.6 Å². The quantitative estimate of drug-likeness (QED) is 0.692. The molecule has 1 saturated heterocycles. The summed E-state index contributed by atoms with van der Waals surface area (Å²) in [5, 5.41) is 5.01. The van der Waals surface area contributed by atoms with Gasteiger partial charge in [0.05, 0.1) is 24.2 Å². The van der Waals surface area contributed by atoms with E-state index < -0.39 is 17.6 Å². The lowest BCUT2D eigenvalue weighted by Crippen LogP contribution is -2.50. The van der Waals surface area contributed by atoms with Gasteiger partial charge in [-0.1, -0.05) is 24.3 Å². The first kappa shape index (κ1) is 24.2. The molecule has 1 heterocycles. The second-order valence-electron chi connectivity index (χ2n) is 7.80. The number of piperazine rings is 1. The molecular weight excluding hydrogens is 437 g/mol. The molecule has 0 aromatic heterocycles. The maximum atomic E-state index is 13.1. The van der Waals surface area contributed by atoms with Crippen LogP contribution in [0.4, 0.5) is 24.5 Å². The van der Waals surface area contributed by atoms with E-state index in [9.17, 15) is 27.6 Å². The monoisotopic (exact) mass is 462 g/mol. The molecule has 0 unspecified atom stereocenters. The van der Waals surface area contributed by atoms with Crippen LogP contribution in [0.1, 0.15) is 18.1 Å². The highest BCUT2D eigenvalue weighted by atomic mass is 19.4. The zero-order valence-corrected chi connectivity index (χ0v) is 18.1. The van der Waals surface area contributed by atoms with Gasteiger partial charge in [-0.15, -0.1) is 0 Å². The summed E-state index contributed by atoms with van der Waals surface area (Å²) < 4.78 is 39.3. The van der Waals surface area contributed by atoms with E-state index in [1.54, 1.807) is 34.1 Å². The summed E-state index contributed by atoms with van der Waals surface area (Å²) in [6, 6.07) is 11.9. The van der Waals surface area contributed by atoms with E-state index in [0.717, 1.165) is 11.6 Å². The van der Waals surface area contributed by atoms with Crippen LogP contribution in [0.2, 0.25) is 0 Å². The molecule has 33 heavy (non-hydrogen) atoms. The molecule has 0 saturated carbocycles. The normalized spacial score (nSPS) is 14.6. The Labute approximate surface area is 189 Å². The highest BCUT2D eigenvalue weighted by molar-refractivity contribution is 5.93. The van der Waals surface area contributed by atoms with Gasteiger partial charge in [-0.2, -0.15) is 13.2 Å². The Kier molecular flexibility index (Phi) is 7.70. The molecule has 3 amide bonds. The molecule has 10 heteroatoms. The first-order chi connectivity index (χ1) is 15.6. The van der Waals surface area contributed by atoms with Crippen molar-refractivity contribution >= 4 is 29.1 Å². The van der Waals surface area contributed by atoms with Crippen LogP contribution in [0.25, 0.3) is 0 Å². The minimum atomic E-state index is -4.56. The van der Waals surface area contributed by atoms with Crippen molar-refractivity contribution in [1.82, 2.24) is 9.80 Å². The highest BCUT2D eigenvalue weighted by Gasteiger charge is 2.33. The number of alkyl halides is 3. The number of nitrogens with one attached hydrogen (secondary N) is 2. The molecule has 1 fully saturated rings. The molecule has 0 aliphatic carbocycles. The van der Waals surface area contributed by atoms with Gasteiger partial charge in [0.15, 0.2) is 0 Å². The minimum absolute atomic E-state index is 0.0505. The molecule has 0 atom stereocenters. The number of nitrogens with zero attached hydrogens (tertiary/aromatic N) is 2. The number of benzene rings is 2. The maximum Gasteiger partial charge on any atom is 0.418 e. The summed E-state index contributed by atoms with van der Waals surface area (Å²) in [7, 11) is 0. The Hall–Kier alpha value is -3.40. The van der Waals surface area contributed by atoms with E-state index in [0.29, 0.717) is 31.9 Å². The number of para-hydroxylation sites is 1. The van der Waals surface area contributed by atoms with Gasteiger partial charge in [0.2, 0.25) is 17.7 Å². The highest BCUT2D eigenvalue weighted by Crippen LogP contribution is 2.34. The lowest BCUT2D eigenvalue weighted by molar-refractivity contribution is -0.137. The average Bonchev–Trinajstić information content (AvgIpc) is 2.75. The molecule has 3 rings (SSSR count). The van der Waals surface area contributed by atoms with Crippen LogP contribution in [-0.2, 0) is 27.0 Å². The minimum Gasteiger partial charge on any atom is -0.340 e. The summed E-state index contributed by atoms with van der Waals surface area (Å²) in [4.78, 5) is 39.4. The number of hydrogen-bond acceptors (Lipinski definition) is 4. The fraction of sp³-hybridized carbons (Fsp3) is 0.348. The van der Waals surface area contributed by atoms with E-state index in [1.807, 2.05) is 0 Å². The third-order valence-electron chi connectivity index (χ3n) is 5.23. The van der Waals surface area contributed by atoms with E-state index in [2.05, 4.69) is 10.6 Å². The second kappa shape index (κ2) is 10.5. The molecule has 1 aliphatic rings. The Morgan fingerprint density at radius 2 is 1.55 bits per heavy atom. The molecule has 0 radical (unpaired) electrons. The van der Waals surface area contributed by atoms with Gasteiger partial charge < -0.3 is 15.5 Å². The van der Waals surface area contributed by atoms with Gasteiger partial charge in [-0.05, 0) is 29.8 Å². The number of halogens is 3. The lowest BCUT2D eigenvalue weighted by atomic mass is 10.1. The van der Waals surface area contributed by atoms with Crippen molar-refractivity contribution in [3.05, 3.63) is 59.7 Å². The first-order valence-electron chi connectivity index (χ1n) is 10.4. The van der Waals surface area contributed by atoms with Crippen molar-refractivity contribution in [1.29, 1.82) is 0 Å². The molecule has 0 bridgehead atoms. The number of rotatable bonds is 6. The Balaban J connectivity index is 1.46. The molecule has 7 nitrogen and oxygen atoms in total. The molecule has 2 aromatic rings. The van der Waals surface area contributed by atoms with Crippen molar-refractivity contribution in [2.24, 2.45) is 0 Å². The summed E-state index contributed by atoms with van der Waals surface area (Å²) in [5.41, 5.74) is 0.315. The van der Waals surface area contributed by atoms with Gasteiger partial charge in [0, 0.05) is 38.8 Å². The summed E-state index contributed by atoms with van der Waals surface area (Å²) in [5.74, 6) is -0.758. The zero-order chi connectivity index (χ0) is 24.0. The second-order valence-corrected chi connectivity index (χ2v) is 7.80. The summed E-state index contributed by atoms with van der Waals surface area (Å²) in [6.07, 6.45) is -4.34. The van der Waals surface area contributed by atoms with Gasteiger partial charge in [-0.3, -0.25) is 19.3 Å². The van der Waals surface area contributed by atoms with E-state index in [4.69, 9.17) is 0 Å². The Morgan fingerprint density at radius 1 is 0.909 bits per heavy atom. The number of carbonyl (C=O) groups excluding carboxylic acids is 3. The zero-order valence-electron chi connectivity index (χ0n) is 18.1. The fourth-order valence-electron chi connectivity index (χ4n) is 3.58. The van der Waals surface area contributed by atoms with Crippen LogP contribution >= 0.6 is 0 Å². The lowest BCUT2D eigenvalue weighted by Gasteiger charge is -2.34. The Bertz CT molecular complexity index is 1000. The average molecular weight is 462 g/mol. The number of carbonyl (C=O) groups is 3. The molecular formula is C23H25F3N4O3. The van der Waals surface area contributed by atoms with Crippen LogP contribution in [0, 0.1) is 0 Å². The number of anilines is 2. The van der Waals surface area contributed by atoms with Crippen molar-refractivity contribution in [2.75, 3.05) is 43.4 Å². The molecule has 176 valence electrons. The van der Waals surface area contributed by atoms with Gasteiger partial charge in [0.1, 0.15) is 0 Å². The van der Waals surface area contributed by atoms with E-state index in [1.165, 1.54) is 25.1 Å². The molecule has 0 spiro atoms. The topological polar surface area (TPSA) is 81.8 Å². The van der Waals surface area contributed by atoms with E-state index >= 15 is 0 Å². The van der Waals surface area contributed by atoms with Crippen LogP contribution in [0.3, 0.4) is 0 Å². The van der Waals surface area contributed by atoms with Gasteiger partial charge in [-0.25, -0.2) is 0 Å². The number of amides is 3. The molecule has 2 aromatic carbocycles.